The van der Waals surface area contributed by atoms with Crippen LogP contribution in [0.4, 0.5) is 0 Å². The number of hydrazine groups is 1. The van der Waals surface area contributed by atoms with Crippen molar-refractivity contribution in [2.75, 3.05) is 0 Å². The van der Waals surface area contributed by atoms with Gasteiger partial charge >= 0.3 is 0 Å². The van der Waals surface area contributed by atoms with Gasteiger partial charge in [-0.1, -0.05) is 0 Å². The Morgan fingerprint density at radius 1 is 2.00 bits per heavy atom. The predicted octanol–water partition coefficient (Wildman–Crippen LogP) is 0.0219. The van der Waals surface area contributed by atoms with Crippen LogP contribution in [0.5, 0.6) is 0 Å². The van der Waals surface area contributed by atoms with Gasteiger partial charge in [0.15, 0.2) is 0 Å². The van der Waals surface area contributed by atoms with E-state index in [4.69, 9.17) is 17.6 Å². The van der Waals surface area contributed by atoms with Gasteiger partial charge in [-0.2, -0.15) is 4.51 Å². The fourth-order valence-corrected chi connectivity index (χ4v) is 0.0732. The zero-order chi connectivity index (χ0) is 4.99. The quantitative estimate of drug-likeness (QED) is 0.199. The van der Waals surface area contributed by atoms with Crippen LogP contribution in [0.1, 0.15) is 6.92 Å². The highest BCUT2D eigenvalue weighted by atomic mass is 35.5. The molecule has 4 heteroatoms. The average Bonchev–Trinajstić information content (AvgIpc) is 1.65. The molecule has 3 nitrogen and oxygen atoms in total. The molecule has 0 fully saturated rings. The first-order valence-electron chi connectivity index (χ1n) is 1.43. The van der Waals surface area contributed by atoms with Crippen molar-refractivity contribution in [2.45, 2.75) is 6.92 Å². The normalized spacial score (nSPS) is 11.5. The molecule has 0 aromatic carbocycles. The van der Waals surface area contributed by atoms with Crippen LogP contribution in [0.3, 0.4) is 0 Å². The smallest absolute Gasteiger partial charge is 0.127 e. The summed E-state index contributed by atoms with van der Waals surface area (Å²) in [6.07, 6.45) is 0. The lowest BCUT2D eigenvalue weighted by Crippen LogP contribution is -2.26. The van der Waals surface area contributed by atoms with Gasteiger partial charge in [0.2, 0.25) is 0 Å². The summed E-state index contributed by atoms with van der Waals surface area (Å²) in [5.41, 5.74) is 2.23. The summed E-state index contributed by atoms with van der Waals surface area (Å²) in [7, 11) is 0. The van der Waals surface area contributed by atoms with Crippen molar-refractivity contribution in [3.05, 3.63) is 0 Å². The number of halogens is 1. The maximum absolute atomic E-state index is 4.90. The highest BCUT2D eigenvalue weighted by Gasteiger charge is 1.74. The second-order valence-corrected chi connectivity index (χ2v) is 0.983. The SMILES string of the molecule is CC(=NCl)NN. The standard InChI is InChI=1S/C2H6ClN3/c1-2(5-3)6-4/h4H2,1H3,(H,5,6). The van der Waals surface area contributed by atoms with Gasteiger partial charge in [-0.05, 0) is 6.92 Å². The molecule has 0 saturated carbocycles. The van der Waals surface area contributed by atoms with Gasteiger partial charge in [0.05, 0.1) is 0 Å². The van der Waals surface area contributed by atoms with Crippen LogP contribution in [0, 0.1) is 0 Å². The van der Waals surface area contributed by atoms with Crippen molar-refractivity contribution in [3.8, 4) is 0 Å². The first-order chi connectivity index (χ1) is 2.81. The van der Waals surface area contributed by atoms with E-state index in [9.17, 15) is 0 Å². The minimum Gasteiger partial charge on any atom is -0.311 e. The first kappa shape index (κ1) is 5.72. The molecule has 36 valence electrons. The Morgan fingerprint density at radius 2 is 2.50 bits per heavy atom. The van der Waals surface area contributed by atoms with Crippen LogP contribution in [0.25, 0.3) is 0 Å². The van der Waals surface area contributed by atoms with E-state index in [1.807, 2.05) is 0 Å². The van der Waals surface area contributed by atoms with Crippen LogP contribution in [0.15, 0.2) is 4.51 Å². The molecule has 0 heterocycles. The fraction of sp³-hybridized carbons (Fsp3) is 0.500. The minimum atomic E-state index is 0.511. The Hall–Kier alpha value is -0.280. The van der Waals surface area contributed by atoms with Crippen molar-refractivity contribution < 1.29 is 0 Å². The van der Waals surface area contributed by atoms with Gasteiger partial charge in [-0.25, -0.2) is 5.84 Å². The number of amidine groups is 1. The van der Waals surface area contributed by atoms with Crippen molar-refractivity contribution in [3.63, 3.8) is 0 Å². The molecule has 0 aromatic heterocycles. The zero-order valence-corrected chi connectivity index (χ0v) is 4.16. The largest absolute Gasteiger partial charge is 0.311 e. The van der Waals surface area contributed by atoms with Gasteiger partial charge in [-0.3, -0.25) is 0 Å². The molecule has 0 aliphatic rings. The Bertz CT molecular complexity index is 59.8. The van der Waals surface area contributed by atoms with Crippen LogP contribution in [-0.4, -0.2) is 5.84 Å². The molecular formula is C2H6ClN3. The number of nitrogens with two attached hydrogens (primary N) is 1. The summed E-state index contributed by atoms with van der Waals surface area (Å²) in [6.45, 7) is 1.66. The molecule has 0 aromatic rings. The van der Waals surface area contributed by atoms with E-state index in [0.717, 1.165) is 0 Å². The second-order valence-electron chi connectivity index (χ2n) is 0.814. The van der Waals surface area contributed by atoms with Crippen LogP contribution in [0.2, 0.25) is 0 Å². The number of nitrogens with zero attached hydrogens (tertiary/aromatic N) is 1. The van der Waals surface area contributed by atoms with Gasteiger partial charge in [0.25, 0.3) is 0 Å². The van der Waals surface area contributed by atoms with Gasteiger partial charge in [-0.15, -0.1) is 0 Å². The summed E-state index contributed by atoms with van der Waals surface area (Å²) in [5.74, 6) is 5.33. The van der Waals surface area contributed by atoms with Gasteiger partial charge in [0.1, 0.15) is 5.84 Å². The van der Waals surface area contributed by atoms with E-state index in [1.54, 1.807) is 6.92 Å². The summed E-state index contributed by atoms with van der Waals surface area (Å²) in [4.78, 5) is 0. The van der Waals surface area contributed by atoms with E-state index in [1.165, 1.54) is 0 Å². The molecule has 0 unspecified atom stereocenters. The van der Waals surface area contributed by atoms with E-state index < -0.39 is 0 Å². The van der Waals surface area contributed by atoms with Crippen molar-refractivity contribution in [2.24, 2.45) is 10.4 Å². The molecule has 0 aliphatic heterocycles. The van der Waals surface area contributed by atoms with Crippen molar-refractivity contribution in [1.29, 1.82) is 0 Å². The summed E-state index contributed by atoms with van der Waals surface area (Å²) < 4.78 is 3.16. The Kier molecular flexibility index (Phi) is 2.80. The number of nitrogens with one attached hydrogen (secondary N) is 1. The molecule has 0 saturated heterocycles. The molecule has 0 rings (SSSR count). The number of rotatable bonds is 0. The molecule has 0 spiro atoms. The monoisotopic (exact) mass is 107 g/mol. The Labute approximate surface area is 41.3 Å². The van der Waals surface area contributed by atoms with Gasteiger partial charge < -0.3 is 5.43 Å². The first-order valence-corrected chi connectivity index (χ1v) is 1.77. The van der Waals surface area contributed by atoms with Crippen molar-refractivity contribution >= 4 is 17.6 Å². The lowest BCUT2D eigenvalue weighted by Gasteiger charge is -1.88. The molecular weight excluding hydrogens is 101 g/mol. The summed E-state index contributed by atoms with van der Waals surface area (Å²) in [5, 5.41) is 0. The third-order valence-corrected chi connectivity index (χ3v) is 0.589. The lowest BCUT2D eigenvalue weighted by atomic mass is 10.7. The maximum atomic E-state index is 4.90. The Balaban J connectivity index is 3.22. The molecule has 3 N–H and O–H groups in total. The van der Waals surface area contributed by atoms with E-state index >= 15 is 0 Å². The molecule has 6 heavy (non-hydrogen) atoms. The lowest BCUT2D eigenvalue weighted by molar-refractivity contribution is 1.02. The summed E-state index contributed by atoms with van der Waals surface area (Å²) >= 11 is 4.90. The van der Waals surface area contributed by atoms with Crippen molar-refractivity contribution in [1.82, 2.24) is 5.43 Å². The number of hydrogen-bond donors (Lipinski definition) is 2. The molecule has 0 amide bonds. The van der Waals surface area contributed by atoms with Crippen LogP contribution >= 0.6 is 11.8 Å². The van der Waals surface area contributed by atoms with Crippen LogP contribution < -0.4 is 11.3 Å². The topological polar surface area (TPSA) is 50.4 Å². The van der Waals surface area contributed by atoms with E-state index in [2.05, 4.69) is 9.94 Å². The highest BCUT2D eigenvalue weighted by molar-refractivity contribution is 6.19. The molecule has 0 radical (unpaired) electrons. The van der Waals surface area contributed by atoms with Crippen LogP contribution in [-0.2, 0) is 0 Å². The highest BCUT2D eigenvalue weighted by Crippen LogP contribution is 1.72. The zero-order valence-electron chi connectivity index (χ0n) is 3.40. The Morgan fingerprint density at radius 3 is 2.50 bits per heavy atom. The number of hydrogen-bond acceptors (Lipinski definition) is 2. The van der Waals surface area contributed by atoms with E-state index in [-0.39, 0.29) is 0 Å². The fourth-order valence-electron chi connectivity index (χ4n) is 0.0244. The molecule has 0 bridgehead atoms. The average molecular weight is 108 g/mol. The minimum absolute atomic E-state index is 0.511. The third kappa shape index (κ3) is 1.99. The van der Waals surface area contributed by atoms with E-state index in [0.29, 0.717) is 5.84 Å². The second kappa shape index (κ2) is 2.93. The summed E-state index contributed by atoms with van der Waals surface area (Å²) in [6, 6.07) is 0. The maximum Gasteiger partial charge on any atom is 0.127 e. The third-order valence-electron chi connectivity index (χ3n) is 0.336. The molecule has 0 atom stereocenters. The molecule has 0 aliphatic carbocycles. The predicted molar refractivity (Wildman–Crippen MR) is 26.3 cm³/mol. The van der Waals surface area contributed by atoms with Gasteiger partial charge in [0, 0.05) is 11.8 Å².